The number of rotatable bonds is 8. The SMILES string of the molecule is CCC(=O)OCC1OC(n2cc3c4c(ncnc42)NC(=O)C=C3N)C(C)(OC(=O)CC)C1OC(=O)CC. The Labute approximate surface area is 212 Å². The van der Waals surface area contributed by atoms with Crippen molar-refractivity contribution in [2.75, 3.05) is 11.9 Å². The van der Waals surface area contributed by atoms with Crippen LogP contribution in [0.2, 0.25) is 0 Å². The fourth-order valence-electron chi connectivity index (χ4n) is 4.42. The van der Waals surface area contributed by atoms with Gasteiger partial charge in [-0.15, -0.1) is 0 Å². The number of amides is 1. The van der Waals surface area contributed by atoms with Crippen LogP contribution in [0.5, 0.6) is 0 Å². The van der Waals surface area contributed by atoms with Crippen LogP contribution in [0.4, 0.5) is 5.82 Å². The second-order valence-corrected chi connectivity index (χ2v) is 8.80. The van der Waals surface area contributed by atoms with Gasteiger partial charge in [0, 0.05) is 42.8 Å². The second kappa shape index (κ2) is 10.2. The fourth-order valence-corrected chi connectivity index (χ4v) is 4.42. The predicted molar refractivity (Wildman–Crippen MR) is 128 cm³/mol. The Kier molecular flexibility index (Phi) is 7.16. The van der Waals surface area contributed by atoms with E-state index in [1.165, 1.54) is 12.4 Å². The van der Waals surface area contributed by atoms with Crippen molar-refractivity contribution in [2.45, 2.75) is 71.0 Å². The molecule has 0 radical (unpaired) electrons. The Bertz CT molecular complexity index is 1290. The standard InChI is InChI=1S/C24H29N5O8/c1-5-16(31)34-10-14-20(36-17(32)6-2)24(4,37-18(33)7-3)23(35-14)29-9-12-13(25)8-15(30)28-21-19(12)22(29)27-11-26-21/h8-9,11,14,20,23H,5-7,10,25H2,1-4H3,(H,26,27,28,30). The molecular formula is C24H29N5O8. The molecule has 0 bridgehead atoms. The number of esters is 3. The predicted octanol–water partition coefficient (Wildman–Crippen LogP) is 1.57. The Balaban J connectivity index is 1.87. The van der Waals surface area contributed by atoms with Gasteiger partial charge in [-0.05, 0) is 6.92 Å². The molecule has 1 fully saturated rings. The Hall–Kier alpha value is -4.00. The highest BCUT2D eigenvalue weighted by Gasteiger charge is 2.60. The van der Waals surface area contributed by atoms with Crippen molar-refractivity contribution >= 4 is 46.4 Å². The van der Waals surface area contributed by atoms with Crippen LogP contribution in [-0.4, -0.2) is 62.8 Å². The van der Waals surface area contributed by atoms with Crippen molar-refractivity contribution in [2.24, 2.45) is 5.73 Å². The minimum absolute atomic E-state index is 0.0535. The van der Waals surface area contributed by atoms with Crippen molar-refractivity contribution in [3.8, 4) is 0 Å². The van der Waals surface area contributed by atoms with Gasteiger partial charge in [-0.2, -0.15) is 0 Å². The maximum Gasteiger partial charge on any atom is 0.306 e. The molecule has 0 spiro atoms. The van der Waals surface area contributed by atoms with E-state index in [0.29, 0.717) is 16.6 Å². The molecule has 0 aromatic carbocycles. The average molecular weight is 516 g/mol. The minimum Gasteiger partial charge on any atom is -0.463 e. The number of aromatic nitrogens is 3. The molecule has 37 heavy (non-hydrogen) atoms. The summed E-state index contributed by atoms with van der Waals surface area (Å²) < 4.78 is 24.8. The minimum atomic E-state index is -1.55. The number of hydrogen-bond acceptors (Lipinski definition) is 11. The maximum absolute atomic E-state index is 12.6. The number of anilines is 1. The molecule has 4 rings (SSSR count). The van der Waals surface area contributed by atoms with E-state index in [0.717, 1.165) is 0 Å². The molecule has 13 heteroatoms. The lowest BCUT2D eigenvalue weighted by atomic mass is 9.95. The van der Waals surface area contributed by atoms with Crippen molar-refractivity contribution in [1.82, 2.24) is 14.5 Å². The van der Waals surface area contributed by atoms with Gasteiger partial charge in [-0.3, -0.25) is 19.2 Å². The van der Waals surface area contributed by atoms with Gasteiger partial charge in [-0.1, -0.05) is 20.8 Å². The fraction of sp³-hybridized carbons (Fsp3) is 0.500. The third kappa shape index (κ3) is 4.73. The van der Waals surface area contributed by atoms with Crippen molar-refractivity contribution < 1.29 is 38.1 Å². The van der Waals surface area contributed by atoms with Crippen LogP contribution in [-0.2, 0) is 38.1 Å². The van der Waals surface area contributed by atoms with Crippen LogP contribution < -0.4 is 11.1 Å². The monoisotopic (exact) mass is 515 g/mol. The van der Waals surface area contributed by atoms with Gasteiger partial charge in [-0.25, -0.2) is 9.97 Å². The van der Waals surface area contributed by atoms with E-state index in [1.807, 2.05) is 0 Å². The van der Waals surface area contributed by atoms with Crippen LogP contribution in [0.1, 0.15) is 58.7 Å². The van der Waals surface area contributed by atoms with E-state index in [9.17, 15) is 19.2 Å². The van der Waals surface area contributed by atoms with Gasteiger partial charge < -0.3 is 34.6 Å². The van der Waals surface area contributed by atoms with Crippen molar-refractivity contribution in [3.05, 3.63) is 24.2 Å². The molecule has 0 saturated carbocycles. The molecule has 13 nitrogen and oxygen atoms in total. The largest absolute Gasteiger partial charge is 0.463 e. The number of carbonyl (C=O) groups is 4. The van der Waals surface area contributed by atoms with Gasteiger partial charge in [0.2, 0.25) is 0 Å². The molecule has 1 amide bonds. The third-order valence-electron chi connectivity index (χ3n) is 6.26. The van der Waals surface area contributed by atoms with Gasteiger partial charge in [0.1, 0.15) is 30.5 Å². The highest BCUT2D eigenvalue weighted by Crippen LogP contribution is 2.46. The highest BCUT2D eigenvalue weighted by molar-refractivity contribution is 6.13. The summed E-state index contributed by atoms with van der Waals surface area (Å²) in [5.41, 5.74) is 5.59. The summed E-state index contributed by atoms with van der Waals surface area (Å²) in [5, 5.41) is 3.12. The summed E-state index contributed by atoms with van der Waals surface area (Å²) in [6, 6.07) is 0. The number of nitrogens with zero attached hydrogens (tertiary/aromatic N) is 3. The van der Waals surface area contributed by atoms with Crippen LogP contribution >= 0.6 is 0 Å². The van der Waals surface area contributed by atoms with E-state index < -0.39 is 47.9 Å². The molecule has 4 atom stereocenters. The summed E-state index contributed by atoms with van der Waals surface area (Å²) in [5.74, 6) is -1.77. The molecular weight excluding hydrogens is 486 g/mol. The molecule has 2 aromatic rings. The Morgan fingerprint density at radius 2 is 1.84 bits per heavy atom. The molecule has 3 N–H and O–H groups in total. The molecule has 4 heterocycles. The van der Waals surface area contributed by atoms with Crippen LogP contribution in [0.15, 0.2) is 18.6 Å². The maximum atomic E-state index is 12.6. The van der Waals surface area contributed by atoms with Gasteiger partial charge in [0.15, 0.2) is 17.9 Å². The van der Waals surface area contributed by atoms with Crippen LogP contribution in [0.25, 0.3) is 16.7 Å². The molecule has 198 valence electrons. The smallest absolute Gasteiger partial charge is 0.306 e. The lowest BCUT2D eigenvalue weighted by molar-refractivity contribution is -0.187. The normalized spacial score (nSPS) is 24.7. The van der Waals surface area contributed by atoms with E-state index >= 15 is 0 Å². The number of ether oxygens (including phenoxy) is 4. The van der Waals surface area contributed by atoms with E-state index in [4.69, 9.17) is 24.7 Å². The number of nitrogens with one attached hydrogen (secondary N) is 1. The first-order valence-corrected chi connectivity index (χ1v) is 12.0. The number of hydrogen-bond donors (Lipinski definition) is 2. The summed E-state index contributed by atoms with van der Waals surface area (Å²) in [4.78, 5) is 57.6. The zero-order valence-corrected chi connectivity index (χ0v) is 21.0. The molecule has 2 aliphatic rings. The van der Waals surface area contributed by atoms with Crippen LogP contribution in [0, 0.1) is 0 Å². The van der Waals surface area contributed by atoms with E-state index in [2.05, 4.69) is 15.3 Å². The first kappa shape index (κ1) is 26.1. The van der Waals surface area contributed by atoms with Crippen LogP contribution in [0.3, 0.4) is 0 Å². The molecule has 2 aromatic heterocycles. The zero-order chi connectivity index (χ0) is 26.9. The molecule has 2 aliphatic heterocycles. The van der Waals surface area contributed by atoms with E-state index in [1.54, 1.807) is 38.5 Å². The van der Waals surface area contributed by atoms with E-state index in [-0.39, 0.29) is 37.4 Å². The highest BCUT2D eigenvalue weighted by atomic mass is 16.7. The first-order chi connectivity index (χ1) is 17.6. The quantitative estimate of drug-likeness (QED) is 0.386. The average Bonchev–Trinajstić information content (AvgIpc) is 3.34. The van der Waals surface area contributed by atoms with Gasteiger partial charge in [0.05, 0.1) is 5.39 Å². The topological polar surface area (TPSA) is 174 Å². The first-order valence-electron chi connectivity index (χ1n) is 12.0. The lowest BCUT2D eigenvalue weighted by Gasteiger charge is -2.34. The summed E-state index contributed by atoms with van der Waals surface area (Å²) in [6.07, 6.45) is 1.19. The Morgan fingerprint density at radius 1 is 1.14 bits per heavy atom. The summed E-state index contributed by atoms with van der Waals surface area (Å²) in [7, 11) is 0. The number of carbonyl (C=O) groups excluding carboxylic acids is 4. The molecule has 0 aliphatic carbocycles. The second-order valence-electron chi connectivity index (χ2n) is 8.80. The third-order valence-corrected chi connectivity index (χ3v) is 6.26. The zero-order valence-electron chi connectivity index (χ0n) is 21.0. The van der Waals surface area contributed by atoms with Gasteiger partial charge in [0.25, 0.3) is 5.91 Å². The molecule has 1 saturated heterocycles. The van der Waals surface area contributed by atoms with Crippen molar-refractivity contribution in [1.29, 1.82) is 0 Å². The van der Waals surface area contributed by atoms with Gasteiger partial charge >= 0.3 is 17.9 Å². The lowest BCUT2D eigenvalue weighted by Crippen LogP contribution is -2.50. The summed E-state index contributed by atoms with van der Waals surface area (Å²) in [6.45, 7) is 6.25. The molecule has 4 unspecified atom stereocenters. The summed E-state index contributed by atoms with van der Waals surface area (Å²) >= 11 is 0. The number of nitrogens with two attached hydrogens (primary N) is 1. The van der Waals surface area contributed by atoms with Crippen molar-refractivity contribution in [3.63, 3.8) is 0 Å². The Morgan fingerprint density at radius 3 is 2.51 bits per heavy atom.